The zero-order chi connectivity index (χ0) is 15.5. The van der Waals surface area contributed by atoms with Crippen molar-refractivity contribution in [1.29, 1.82) is 0 Å². The summed E-state index contributed by atoms with van der Waals surface area (Å²) in [6, 6.07) is 8.93. The van der Waals surface area contributed by atoms with Crippen molar-refractivity contribution in [3.8, 4) is 0 Å². The van der Waals surface area contributed by atoms with Crippen LogP contribution in [0.15, 0.2) is 30.5 Å². The van der Waals surface area contributed by atoms with Crippen LogP contribution < -0.4 is 5.32 Å². The number of hydrogen-bond acceptors (Lipinski definition) is 1. The Hall–Kier alpha value is -1.28. The van der Waals surface area contributed by atoms with Crippen molar-refractivity contribution >= 4 is 10.9 Å². The average Bonchev–Trinajstić information content (AvgIpc) is 2.79. The molecular formula is C19H30N2. The number of benzene rings is 1. The highest BCUT2D eigenvalue weighted by molar-refractivity contribution is 5.83. The molecule has 21 heavy (non-hydrogen) atoms. The summed E-state index contributed by atoms with van der Waals surface area (Å²) in [6.45, 7) is 14.5. The van der Waals surface area contributed by atoms with Gasteiger partial charge in [0.25, 0.3) is 0 Å². The maximum atomic E-state index is 3.55. The SMILES string of the molecule is CC(C)CNCc1cccc2c1ccn2CCC(C)(C)C. The zero-order valence-electron chi connectivity index (χ0n) is 14.2. The third-order valence-electron chi connectivity index (χ3n) is 3.87. The van der Waals surface area contributed by atoms with Gasteiger partial charge in [0.1, 0.15) is 0 Å². The lowest BCUT2D eigenvalue weighted by molar-refractivity contribution is 0.353. The van der Waals surface area contributed by atoms with Gasteiger partial charge in [-0.15, -0.1) is 0 Å². The van der Waals surface area contributed by atoms with Gasteiger partial charge in [-0.05, 0) is 42.0 Å². The van der Waals surface area contributed by atoms with Crippen LogP contribution in [-0.4, -0.2) is 11.1 Å². The Balaban J connectivity index is 2.13. The smallest absolute Gasteiger partial charge is 0.0483 e. The molecule has 2 aromatic rings. The van der Waals surface area contributed by atoms with Crippen molar-refractivity contribution in [3.63, 3.8) is 0 Å². The second-order valence-electron chi connectivity index (χ2n) is 7.69. The standard InChI is InChI=1S/C19H30N2/c1-15(2)13-20-14-16-7-6-8-18-17(16)9-11-21(18)12-10-19(3,4)5/h6-9,11,15,20H,10,12-14H2,1-5H3. The number of aromatic nitrogens is 1. The first kappa shape index (κ1) is 16.1. The summed E-state index contributed by atoms with van der Waals surface area (Å²) in [4.78, 5) is 0. The van der Waals surface area contributed by atoms with E-state index in [2.05, 4.69) is 75.0 Å². The molecule has 0 amide bonds. The highest BCUT2D eigenvalue weighted by Gasteiger charge is 2.11. The minimum absolute atomic E-state index is 0.382. The maximum Gasteiger partial charge on any atom is 0.0483 e. The fourth-order valence-electron chi connectivity index (χ4n) is 2.59. The van der Waals surface area contributed by atoms with Gasteiger partial charge in [0.15, 0.2) is 0 Å². The predicted octanol–water partition coefficient (Wildman–Crippen LogP) is 4.82. The molecule has 2 nitrogen and oxygen atoms in total. The minimum Gasteiger partial charge on any atom is -0.347 e. The molecule has 2 rings (SSSR count). The van der Waals surface area contributed by atoms with Crippen LogP contribution in [-0.2, 0) is 13.1 Å². The second-order valence-corrected chi connectivity index (χ2v) is 7.69. The molecule has 2 heteroatoms. The molecular weight excluding hydrogens is 256 g/mol. The first-order valence-corrected chi connectivity index (χ1v) is 8.14. The van der Waals surface area contributed by atoms with E-state index in [0.29, 0.717) is 11.3 Å². The minimum atomic E-state index is 0.382. The summed E-state index contributed by atoms with van der Waals surface area (Å²) >= 11 is 0. The Morgan fingerprint density at radius 3 is 2.57 bits per heavy atom. The number of aryl methyl sites for hydroxylation is 1. The molecule has 0 aliphatic carbocycles. The highest BCUT2D eigenvalue weighted by Crippen LogP contribution is 2.24. The monoisotopic (exact) mass is 286 g/mol. The largest absolute Gasteiger partial charge is 0.347 e. The van der Waals surface area contributed by atoms with Crippen LogP contribution in [0, 0.1) is 11.3 Å². The van der Waals surface area contributed by atoms with Crippen molar-refractivity contribution < 1.29 is 0 Å². The maximum absolute atomic E-state index is 3.55. The molecule has 0 aliphatic heterocycles. The van der Waals surface area contributed by atoms with Crippen molar-refractivity contribution in [2.24, 2.45) is 11.3 Å². The van der Waals surface area contributed by atoms with E-state index in [1.165, 1.54) is 22.9 Å². The summed E-state index contributed by atoms with van der Waals surface area (Å²) in [7, 11) is 0. The molecule has 0 fully saturated rings. The van der Waals surface area contributed by atoms with Crippen molar-refractivity contribution in [2.45, 2.75) is 54.1 Å². The first-order valence-electron chi connectivity index (χ1n) is 8.14. The molecule has 0 bridgehead atoms. The van der Waals surface area contributed by atoms with Gasteiger partial charge in [-0.25, -0.2) is 0 Å². The van der Waals surface area contributed by atoms with Gasteiger partial charge < -0.3 is 9.88 Å². The summed E-state index contributed by atoms with van der Waals surface area (Å²) in [6.07, 6.45) is 3.44. The van der Waals surface area contributed by atoms with Crippen LogP contribution in [0.5, 0.6) is 0 Å². The molecule has 0 aliphatic rings. The molecule has 1 N–H and O–H groups in total. The molecule has 0 spiro atoms. The zero-order valence-corrected chi connectivity index (χ0v) is 14.2. The summed E-state index contributed by atoms with van der Waals surface area (Å²) in [5.74, 6) is 0.695. The van der Waals surface area contributed by atoms with E-state index in [0.717, 1.165) is 19.6 Å². The van der Waals surface area contributed by atoms with Gasteiger partial charge in [-0.3, -0.25) is 0 Å². The van der Waals surface area contributed by atoms with Gasteiger partial charge in [-0.2, -0.15) is 0 Å². The van der Waals surface area contributed by atoms with Crippen LogP contribution in [0.3, 0.4) is 0 Å². The van der Waals surface area contributed by atoms with Gasteiger partial charge in [0, 0.05) is 30.2 Å². The Kier molecular flexibility index (Phi) is 5.10. The highest BCUT2D eigenvalue weighted by atomic mass is 15.0. The fourth-order valence-corrected chi connectivity index (χ4v) is 2.59. The molecule has 0 saturated carbocycles. The van der Waals surface area contributed by atoms with Crippen LogP contribution >= 0.6 is 0 Å². The third-order valence-corrected chi connectivity index (χ3v) is 3.87. The van der Waals surface area contributed by atoms with E-state index in [4.69, 9.17) is 0 Å². The third kappa shape index (κ3) is 4.60. The summed E-state index contributed by atoms with van der Waals surface area (Å²) < 4.78 is 2.40. The molecule has 116 valence electrons. The quantitative estimate of drug-likeness (QED) is 0.805. The average molecular weight is 286 g/mol. The van der Waals surface area contributed by atoms with Gasteiger partial charge in [-0.1, -0.05) is 46.8 Å². The lowest BCUT2D eigenvalue weighted by Crippen LogP contribution is -2.19. The lowest BCUT2D eigenvalue weighted by atomic mass is 9.92. The Morgan fingerprint density at radius 2 is 1.90 bits per heavy atom. The van der Waals surface area contributed by atoms with Gasteiger partial charge in [0.05, 0.1) is 0 Å². The second kappa shape index (κ2) is 6.65. The van der Waals surface area contributed by atoms with Crippen LogP contribution in [0.2, 0.25) is 0 Å². The van der Waals surface area contributed by atoms with E-state index in [-0.39, 0.29) is 0 Å². The normalized spacial score (nSPS) is 12.5. The number of hydrogen-bond donors (Lipinski definition) is 1. The molecule has 0 unspecified atom stereocenters. The molecule has 0 saturated heterocycles. The van der Waals surface area contributed by atoms with E-state index < -0.39 is 0 Å². The number of rotatable bonds is 6. The van der Waals surface area contributed by atoms with E-state index in [1.807, 2.05) is 0 Å². The summed E-state index contributed by atoms with van der Waals surface area (Å²) in [5, 5.41) is 4.94. The van der Waals surface area contributed by atoms with Crippen LogP contribution in [0.25, 0.3) is 10.9 Å². The molecule has 0 radical (unpaired) electrons. The first-order chi connectivity index (χ1) is 9.87. The summed E-state index contributed by atoms with van der Waals surface area (Å²) in [5.41, 5.74) is 3.15. The number of nitrogens with zero attached hydrogens (tertiary/aromatic N) is 1. The molecule has 1 aromatic carbocycles. The van der Waals surface area contributed by atoms with Gasteiger partial charge in [0.2, 0.25) is 0 Å². The van der Waals surface area contributed by atoms with Crippen molar-refractivity contribution in [2.75, 3.05) is 6.54 Å². The van der Waals surface area contributed by atoms with E-state index in [1.54, 1.807) is 0 Å². The predicted molar refractivity (Wildman–Crippen MR) is 92.6 cm³/mol. The van der Waals surface area contributed by atoms with E-state index >= 15 is 0 Å². The van der Waals surface area contributed by atoms with Crippen LogP contribution in [0.4, 0.5) is 0 Å². The Labute approximate surface area is 129 Å². The fraction of sp³-hybridized carbons (Fsp3) is 0.579. The molecule has 1 heterocycles. The molecule has 1 aromatic heterocycles. The van der Waals surface area contributed by atoms with Crippen molar-refractivity contribution in [1.82, 2.24) is 9.88 Å². The lowest BCUT2D eigenvalue weighted by Gasteiger charge is -2.18. The van der Waals surface area contributed by atoms with Crippen molar-refractivity contribution in [3.05, 3.63) is 36.0 Å². The Bertz CT molecular complexity index is 573. The van der Waals surface area contributed by atoms with Crippen LogP contribution in [0.1, 0.15) is 46.6 Å². The Morgan fingerprint density at radius 1 is 1.14 bits per heavy atom. The van der Waals surface area contributed by atoms with Gasteiger partial charge >= 0.3 is 0 Å². The molecule has 0 atom stereocenters. The number of nitrogens with one attached hydrogen (secondary N) is 1. The van der Waals surface area contributed by atoms with E-state index in [9.17, 15) is 0 Å². The topological polar surface area (TPSA) is 17.0 Å². The number of fused-ring (bicyclic) bond motifs is 1.